The van der Waals surface area contributed by atoms with Crippen molar-refractivity contribution in [3.63, 3.8) is 0 Å². The number of ether oxygens (including phenoxy) is 1. The molecule has 5 nitrogen and oxygen atoms in total. The summed E-state index contributed by atoms with van der Waals surface area (Å²) in [6.45, 7) is 6.95. The number of hydrogen-bond donors (Lipinski definition) is 0. The average Bonchev–Trinajstić information content (AvgIpc) is 2.62. The van der Waals surface area contributed by atoms with Gasteiger partial charge in [0.25, 0.3) is 0 Å². The summed E-state index contributed by atoms with van der Waals surface area (Å²) >= 11 is 0. The molecular weight excluding hydrogens is 302 g/mol. The lowest BCUT2D eigenvalue weighted by Crippen LogP contribution is -2.40. The lowest BCUT2D eigenvalue weighted by Gasteiger charge is -2.32. The summed E-state index contributed by atoms with van der Waals surface area (Å²) in [4.78, 5) is 14.1. The van der Waals surface area contributed by atoms with E-state index in [4.69, 9.17) is 4.74 Å². The average molecular weight is 323 g/mol. The highest BCUT2D eigenvalue weighted by Gasteiger charge is 2.28. The summed E-state index contributed by atoms with van der Waals surface area (Å²) in [6, 6.07) is 12.0. The molecule has 1 fully saturated rings. The van der Waals surface area contributed by atoms with Crippen molar-refractivity contribution in [2.75, 3.05) is 18.0 Å². The predicted octanol–water partition coefficient (Wildman–Crippen LogP) is 3.36. The van der Waals surface area contributed by atoms with E-state index < -0.39 is 0 Å². The molecule has 1 atom stereocenters. The van der Waals surface area contributed by atoms with Gasteiger partial charge in [0.2, 0.25) is 0 Å². The van der Waals surface area contributed by atoms with Crippen molar-refractivity contribution in [1.82, 2.24) is 10.2 Å². The van der Waals surface area contributed by atoms with Crippen LogP contribution in [0.4, 0.5) is 5.82 Å². The van der Waals surface area contributed by atoms with E-state index in [9.17, 15) is 4.79 Å². The molecule has 24 heavy (non-hydrogen) atoms. The van der Waals surface area contributed by atoms with E-state index in [2.05, 4.69) is 21.7 Å². The van der Waals surface area contributed by atoms with Gasteiger partial charge < -0.3 is 9.64 Å². The van der Waals surface area contributed by atoms with E-state index in [0.717, 1.165) is 42.0 Å². The van der Waals surface area contributed by atoms with Crippen LogP contribution in [-0.4, -0.2) is 29.3 Å². The number of carbonyl (C=O) groups is 1. The van der Waals surface area contributed by atoms with Crippen molar-refractivity contribution in [3.8, 4) is 11.3 Å². The first kappa shape index (κ1) is 16.2. The second kappa shape index (κ2) is 7.25. The minimum absolute atomic E-state index is 0.147. The summed E-state index contributed by atoms with van der Waals surface area (Å²) in [6.07, 6.45) is 2.96. The van der Waals surface area contributed by atoms with E-state index >= 15 is 0 Å². The van der Waals surface area contributed by atoms with Gasteiger partial charge in [-0.1, -0.05) is 36.9 Å². The Bertz CT molecular complexity index is 731. The second-order valence-corrected chi connectivity index (χ2v) is 5.99. The molecule has 2 aromatic rings. The number of nitrogens with zero attached hydrogens (tertiary/aromatic N) is 3. The lowest BCUT2D eigenvalue weighted by atomic mass is 9.98. The van der Waals surface area contributed by atoms with Crippen molar-refractivity contribution in [3.05, 3.63) is 54.8 Å². The van der Waals surface area contributed by atoms with Gasteiger partial charge in [-0.25, -0.2) is 0 Å². The van der Waals surface area contributed by atoms with Crippen LogP contribution in [0.2, 0.25) is 0 Å². The van der Waals surface area contributed by atoms with Gasteiger partial charge in [-0.2, -0.15) is 0 Å². The van der Waals surface area contributed by atoms with Crippen LogP contribution in [0.3, 0.4) is 0 Å². The highest BCUT2D eigenvalue weighted by molar-refractivity contribution is 5.74. The SMILES string of the molecule is C=COC(=O)C1CCCN(c2nnc(-c3ccccc3)cc2C)C1. The normalized spacial score (nSPS) is 17.4. The number of benzene rings is 1. The minimum Gasteiger partial charge on any atom is -0.435 e. The Labute approximate surface area is 142 Å². The maximum Gasteiger partial charge on any atom is 0.315 e. The maximum atomic E-state index is 11.9. The number of esters is 1. The molecule has 5 heteroatoms. The summed E-state index contributed by atoms with van der Waals surface area (Å²) in [5.74, 6) is 0.471. The number of aryl methyl sites for hydroxylation is 1. The van der Waals surface area contributed by atoms with Crippen molar-refractivity contribution in [2.24, 2.45) is 5.92 Å². The summed E-state index contributed by atoms with van der Waals surface area (Å²) in [7, 11) is 0. The summed E-state index contributed by atoms with van der Waals surface area (Å²) in [5.41, 5.74) is 2.96. The Morgan fingerprint density at radius 1 is 1.33 bits per heavy atom. The van der Waals surface area contributed by atoms with E-state index in [1.807, 2.05) is 43.3 Å². The van der Waals surface area contributed by atoms with Crippen LogP contribution >= 0.6 is 0 Å². The van der Waals surface area contributed by atoms with Crippen LogP contribution in [-0.2, 0) is 9.53 Å². The van der Waals surface area contributed by atoms with Crippen molar-refractivity contribution in [1.29, 1.82) is 0 Å². The van der Waals surface area contributed by atoms with Gasteiger partial charge in [-0.3, -0.25) is 4.79 Å². The molecule has 1 saturated heterocycles. The van der Waals surface area contributed by atoms with Crippen LogP contribution in [0.5, 0.6) is 0 Å². The molecule has 1 aromatic carbocycles. The molecule has 0 aliphatic carbocycles. The molecule has 124 valence electrons. The summed E-state index contributed by atoms with van der Waals surface area (Å²) < 4.78 is 4.93. The molecule has 0 saturated carbocycles. The highest BCUT2D eigenvalue weighted by atomic mass is 16.5. The summed E-state index contributed by atoms with van der Waals surface area (Å²) in [5, 5.41) is 8.79. The predicted molar refractivity (Wildman–Crippen MR) is 93.4 cm³/mol. The number of piperidine rings is 1. The van der Waals surface area contributed by atoms with Gasteiger partial charge in [0.05, 0.1) is 17.9 Å². The third-order valence-corrected chi connectivity index (χ3v) is 4.28. The van der Waals surface area contributed by atoms with E-state index in [1.165, 1.54) is 6.26 Å². The monoisotopic (exact) mass is 323 g/mol. The van der Waals surface area contributed by atoms with Crippen molar-refractivity contribution >= 4 is 11.8 Å². The third kappa shape index (κ3) is 3.45. The number of rotatable bonds is 4. The van der Waals surface area contributed by atoms with E-state index in [1.54, 1.807) is 0 Å². The Morgan fingerprint density at radius 2 is 2.12 bits per heavy atom. The quantitative estimate of drug-likeness (QED) is 0.638. The smallest absolute Gasteiger partial charge is 0.315 e. The Kier molecular flexibility index (Phi) is 4.89. The van der Waals surface area contributed by atoms with Gasteiger partial charge >= 0.3 is 5.97 Å². The van der Waals surface area contributed by atoms with Gasteiger partial charge in [-0.15, -0.1) is 10.2 Å². The van der Waals surface area contributed by atoms with Gasteiger partial charge in [-0.05, 0) is 31.4 Å². The number of carbonyl (C=O) groups excluding carboxylic acids is 1. The van der Waals surface area contributed by atoms with E-state index in [0.29, 0.717) is 6.54 Å². The topological polar surface area (TPSA) is 55.3 Å². The van der Waals surface area contributed by atoms with E-state index in [-0.39, 0.29) is 11.9 Å². The van der Waals surface area contributed by atoms with Gasteiger partial charge in [0, 0.05) is 18.7 Å². The lowest BCUT2D eigenvalue weighted by molar-refractivity contribution is -0.142. The standard InChI is InChI=1S/C19H21N3O2/c1-3-24-19(23)16-10-7-11-22(13-16)18-14(2)12-17(20-21-18)15-8-5-4-6-9-15/h3-6,8-9,12,16H,1,7,10-11,13H2,2H3. The van der Waals surface area contributed by atoms with Gasteiger partial charge in [0.1, 0.15) is 0 Å². The Balaban J connectivity index is 1.79. The maximum absolute atomic E-state index is 11.9. The molecule has 0 spiro atoms. The first-order valence-corrected chi connectivity index (χ1v) is 8.15. The Hall–Kier alpha value is -2.69. The van der Waals surface area contributed by atoms with Crippen LogP contribution < -0.4 is 4.90 Å². The molecule has 0 radical (unpaired) electrons. The largest absolute Gasteiger partial charge is 0.435 e. The van der Waals surface area contributed by atoms with Crippen LogP contribution in [0.25, 0.3) is 11.3 Å². The third-order valence-electron chi connectivity index (χ3n) is 4.28. The zero-order valence-electron chi connectivity index (χ0n) is 13.8. The van der Waals surface area contributed by atoms with Crippen molar-refractivity contribution in [2.45, 2.75) is 19.8 Å². The molecule has 0 N–H and O–H groups in total. The zero-order chi connectivity index (χ0) is 16.9. The molecule has 1 aliphatic heterocycles. The highest BCUT2D eigenvalue weighted by Crippen LogP contribution is 2.27. The molecule has 1 aliphatic rings. The molecule has 0 bridgehead atoms. The fourth-order valence-electron chi connectivity index (χ4n) is 3.08. The number of aromatic nitrogens is 2. The first-order chi connectivity index (χ1) is 11.7. The zero-order valence-corrected chi connectivity index (χ0v) is 13.8. The van der Waals surface area contributed by atoms with Crippen LogP contribution in [0.1, 0.15) is 18.4 Å². The first-order valence-electron chi connectivity index (χ1n) is 8.15. The molecular formula is C19H21N3O2. The molecule has 1 aromatic heterocycles. The molecule has 1 unspecified atom stereocenters. The van der Waals surface area contributed by atoms with Crippen molar-refractivity contribution < 1.29 is 9.53 Å². The second-order valence-electron chi connectivity index (χ2n) is 5.99. The minimum atomic E-state index is -0.221. The van der Waals surface area contributed by atoms with Crippen LogP contribution in [0.15, 0.2) is 49.2 Å². The molecule has 3 rings (SSSR count). The van der Waals surface area contributed by atoms with Gasteiger partial charge in [0.15, 0.2) is 5.82 Å². The fraction of sp³-hybridized carbons (Fsp3) is 0.316. The fourth-order valence-corrected chi connectivity index (χ4v) is 3.08. The Morgan fingerprint density at radius 3 is 2.83 bits per heavy atom. The number of anilines is 1. The van der Waals surface area contributed by atoms with Crippen LogP contribution in [0, 0.1) is 12.8 Å². The number of hydrogen-bond acceptors (Lipinski definition) is 5. The molecule has 2 heterocycles. The molecule has 0 amide bonds.